The van der Waals surface area contributed by atoms with Crippen LogP contribution in [0.25, 0.3) is 0 Å². The predicted octanol–water partition coefficient (Wildman–Crippen LogP) is 7.42. The number of amides is 2. The molecule has 0 aromatic heterocycles. The number of carbonyl (C=O) groups is 2. The van der Waals surface area contributed by atoms with Gasteiger partial charge in [-0.05, 0) is 73.9 Å². The summed E-state index contributed by atoms with van der Waals surface area (Å²) >= 11 is 6.11. The number of carbonyl (C=O) groups excluding carboxylic acids is 2. The summed E-state index contributed by atoms with van der Waals surface area (Å²) in [5.74, 6) is -1.25. The molecule has 0 fully saturated rings. The topological polar surface area (TPSA) is 86.8 Å². The van der Waals surface area contributed by atoms with Gasteiger partial charge >= 0.3 is 6.18 Å². The third kappa shape index (κ3) is 9.38. The Hall–Kier alpha value is -4.35. The van der Waals surface area contributed by atoms with Crippen LogP contribution >= 0.6 is 11.6 Å². The number of aryl methyl sites for hydroxylation is 1. The zero-order valence-corrected chi connectivity index (χ0v) is 28.3. The van der Waals surface area contributed by atoms with E-state index in [1.165, 1.54) is 23.1 Å². The summed E-state index contributed by atoms with van der Waals surface area (Å²) in [6, 6.07) is 23.9. The van der Waals surface area contributed by atoms with Crippen molar-refractivity contribution in [3.8, 4) is 0 Å². The third-order valence-electron chi connectivity index (χ3n) is 7.89. The first kappa shape index (κ1) is 36.5. The highest BCUT2D eigenvalue weighted by atomic mass is 35.5. The summed E-state index contributed by atoms with van der Waals surface area (Å²) in [6.07, 6.45) is -4.06. The van der Waals surface area contributed by atoms with Gasteiger partial charge in [0.1, 0.15) is 12.6 Å². The lowest BCUT2D eigenvalue weighted by atomic mass is 10.0. The molecule has 1 N–H and O–H groups in total. The molecule has 2 atom stereocenters. The number of alkyl halides is 3. The van der Waals surface area contributed by atoms with Gasteiger partial charge in [-0.15, -0.1) is 0 Å². The second-order valence-corrected chi connectivity index (χ2v) is 13.8. The normalized spacial score (nSPS) is 13.0. The van der Waals surface area contributed by atoms with Crippen molar-refractivity contribution < 1.29 is 31.2 Å². The zero-order chi connectivity index (χ0) is 35.1. The fourth-order valence-corrected chi connectivity index (χ4v) is 6.52. The number of hydrogen-bond donors (Lipinski definition) is 1. The maximum atomic E-state index is 14.5. The van der Waals surface area contributed by atoms with Gasteiger partial charge in [0.05, 0.1) is 16.1 Å². The molecule has 0 aliphatic rings. The minimum absolute atomic E-state index is 0.0940. The number of nitrogens with one attached hydrogen (secondary N) is 1. The molecular weight excluding hydrogens is 663 g/mol. The van der Waals surface area contributed by atoms with Gasteiger partial charge in [0, 0.05) is 24.0 Å². The van der Waals surface area contributed by atoms with E-state index >= 15 is 0 Å². The molecule has 12 heteroatoms. The van der Waals surface area contributed by atoms with Crippen LogP contribution < -0.4 is 9.62 Å². The molecule has 4 aromatic carbocycles. The van der Waals surface area contributed by atoms with Gasteiger partial charge in [-0.3, -0.25) is 13.9 Å². The largest absolute Gasteiger partial charge is 0.416 e. The lowest BCUT2D eigenvalue weighted by molar-refractivity contribution is -0.140. The highest BCUT2D eigenvalue weighted by Crippen LogP contribution is 2.33. The van der Waals surface area contributed by atoms with Gasteiger partial charge in [-0.2, -0.15) is 13.2 Å². The zero-order valence-electron chi connectivity index (χ0n) is 26.7. The second-order valence-electron chi connectivity index (χ2n) is 11.5. The van der Waals surface area contributed by atoms with Crippen LogP contribution in [0.15, 0.2) is 108 Å². The number of nitrogens with zero attached hydrogens (tertiary/aromatic N) is 2. The average Bonchev–Trinajstić information content (AvgIpc) is 3.06. The predicted molar refractivity (Wildman–Crippen MR) is 181 cm³/mol. The first-order chi connectivity index (χ1) is 22.7. The summed E-state index contributed by atoms with van der Waals surface area (Å²) in [5, 5.41) is 3.39. The minimum atomic E-state index is -4.77. The van der Waals surface area contributed by atoms with Crippen molar-refractivity contribution in [3.05, 3.63) is 130 Å². The van der Waals surface area contributed by atoms with E-state index in [2.05, 4.69) is 5.32 Å². The van der Waals surface area contributed by atoms with Crippen LogP contribution in [0.2, 0.25) is 5.02 Å². The molecule has 0 saturated heterocycles. The van der Waals surface area contributed by atoms with Crippen molar-refractivity contribution in [2.45, 2.75) is 63.3 Å². The molecule has 0 heterocycles. The first-order valence-corrected chi connectivity index (χ1v) is 17.2. The highest BCUT2D eigenvalue weighted by molar-refractivity contribution is 7.92. The van der Waals surface area contributed by atoms with Crippen LogP contribution in [0.1, 0.15) is 42.5 Å². The van der Waals surface area contributed by atoms with Crippen LogP contribution in [0.4, 0.5) is 18.9 Å². The summed E-state index contributed by atoms with van der Waals surface area (Å²) in [4.78, 5) is 29.4. The Morgan fingerprint density at radius 3 is 2.12 bits per heavy atom. The van der Waals surface area contributed by atoms with Crippen molar-refractivity contribution in [2.24, 2.45) is 0 Å². The molecule has 48 heavy (non-hydrogen) atoms. The van der Waals surface area contributed by atoms with E-state index in [1.54, 1.807) is 55.5 Å². The molecule has 4 aromatic rings. The molecule has 254 valence electrons. The Labute approximate surface area is 284 Å². The summed E-state index contributed by atoms with van der Waals surface area (Å²) in [5.41, 5.74) is 0.686. The Bertz CT molecular complexity index is 1800. The SMILES string of the molecule is CCC(C)NC(=O)C(Cc1ccccc1)N(Cc1ccc(Cl)cc1)C(=O)CN(c1cccc(C(F)(F)F)c1)S(=O)(=O)c1ccc(C)cc1. The number of anilines is 1. The molecule has 4 rings (SSSR count). The van der Waals surface area contributed by atoms with E-state index in [-0.39, 0.29) is 29.6 Å². The monoisotopic (exact) mass is 699 g/mol. The van der Waals surface area contributed by atoms with E-state index in [9.17, 15) is 31.2 Å². The van der Waals surface area contributed by atoms with E-state index in [4.69, 9.17) is 11.6 Å². The van der Waals surface area contributed by atoms with E-state index < -0.39 is 46.2 Å². The summed E-state index contributed by atoms with van der Waals surface area (Å²) in [6.45, 7) is 4.49. The molecule has 0 aliphatic carbocycles. The summed E-state index contributed by atoms with van der Waals surface area (Å²) < 4.78 is 70.3. The van der Waals surface area contributed by atoms with Gasteiger partial charge in [-0.25, -0.2) is 8.42 Å². The minimum Gasteiger partial charge on any atom is -0.352 e. The highest BCUT2D eigenvalue weighted by Gasteiger charge is 2.36. The molecule has 2 unspecified atom stereocenters. The van der Waals surface area contributed by atoms with E-state index in [1.807, 2.05) is 32.0 Å². The van der Waals surface area contributed by atoms with Crippen LogP contribution in [-0.4, -0.2) is 43.8 Å². The maximum Gasteiger partial charge on any atom is 0.416 e. The van der Waals surface area contributed by atoms with E-state index in [0.717, 1.165) is 23.3 Å². The fraction of sp³-hybridized carbons (Fsp3) is 0.278. The molecule has 0 bridgehead atoms. The lowest BCUT2D eigenvalue weighted by Crippen LogP contribution is -2.54. The number of benzene rings is 4. The molecule has 0 spiro atoms. The Morgan fingerprint density at radius 1 is 0.875 bits per heavy atom. The van der Waals surface area contributed by atoms with Crippen molar-refractivity contribution >= 4 is 39.1 Å². The second kappa shape index (κ2) is 15.7. The molecule has 0 saturated carbocycles. The van der Waals surface area contributed by atoms with Crippen LogP contribution in [0, 0.1) is 6.92 Å². The summed E-state index contributed by atoms with van der Waals surface area (Å²) in [7, 11) is -4.57. The number of halogens is 4. The van der Waals surface area contributed by atoms with Crippen molar-refractivity contribution in [1.29, 1.82) is 0 Å². The van der Waals surface area contributed by atoms with Gasteiger partial charge in [0.15, 0.2) is 0 Å². The number of rotatable bonds is 13. The van der Waals surface area contributed by atoms with Crippen LogP contribution in [0.5, 0.6) is 0 Å². The molecule has 2 amide bonds. The Morgan fingerprint density at radius 2 is 1.52 bits per heavy atom. The smallest absolute Gasteiger partial charge is 0.352 e. The lowest BCUT2D eigenvalue weighted by Gasteiger charge is -2.34. The van der Waals surface area contributed by atoms with E-state index in [0.29, 0.717) is 27.4 Å². The Balaban J connectivity index is 1.84. The van der Waals surface area contributed by atoms with Crippen molar-refractivity contribution in [1.82, 2.24) is 10.2 Å². The third-order valence-corrected chi connectivity index (χ3v) is 9.93. The standard InChI is InChI=1S/C36H37ClF3N3O4S/c1-4-26(3)41-35(45)33(21-27-9-6-5-7-10-27)42(23-28-15-17-30(37)18-16-28)34(44)24-43(31-12-8-11-29(22-31)36(38,39)40)48(46,47)32-19-13-25(2)14-20-32/h5-20,22,26,33H,4,21,23-24H2,1-3H3,(H,41,45). The van der Waals surface area contributed by atoms with Crippen LogP contribution in [-0.2, 0) is 38.8 Å². The number of sulfonamides is 1. The molecular formula is C36H37ClF3N3O4S. The quantitative estimate of drug-likeness (QED) is 0.157. The molecule has 0 radical (unpaired) electrons. The van der Waals surface area contributed by atoms with Gasteiger partial charge in [0.2, 0.25) is 11.8 Å². The average molecular weight is 700 g/mol. The van der Waals surface area contributed by atoms with Crippen molar-refractivity contribution in [3.63, 3.8) is 0 Å². The van der Waals surface area contributed by atoms with Gasteiger partial charge < -0.3 is 10.2 Å². The van der Waals surface area contributed by atoms with Gasteiger partial charge in [0.25, 0.3) is 10.0 Å². The van der Waals surface area contributed by atoms with Crippen LogP contribution in [0.3, 0.4) is 0 Å². The Kier molecular flexibility index (Phi) is 11.9. The number of hydrogen-bond acceptors (Lipinski definition) is 4. The first-order valence-electron chi connectivity index (χ1n) is 15.3. The van der Waals surface area contributed by atoms with Gasteiger partial charge in [-0.1, -0.05) is 84.8 Å². The molecule has 0 aliphatic heterocycles. The van der Waals surface area contributed by atoms with Crippen molar-refractivity contribution in [2.75, 3.05) is 10.8 Å². The molecule has 7 nitrogen and oxygen atoms in total. The fourth-order valence-electron chi connectivity index (χ4n) is 4.99. The maximum absolute atomic E-state index is 14.5.